The maximum atomic E-state index is 13.3. The van der Waals surface area contributed by atoms with E-state index >= 15 is 0 Å². The van der Waals surface area contributed by atoms with Gasteiger partial charge in [0.25, 0.3) is 5.56 Å². The summed E-state index contributed by atoms with van der Waals surface area (Å²) in [4.78, 5) is 36.3. The van der Waals surface area contributed by atoms with Crippen molar-refractivity contribution in [3.05, 3.63) is 89.2 Å². The Morgan fingerprint density at radius 1 is 0.938 bits per heavy atom. The normalized spacial score (nSPS) is 12.2. The number of thioether (sulfide) groups is 1. The summed E-state index contributed by atoms with van der Waals surface area (Å²) in [5.74, 6) is -0.468. The Bertz CT molecular complexity index is 1330. The van der Waals surface area contributed by atoms with E-state index < -0.39 is 5.56 Å². The number of fused-ring (bicyclic) bond motifs is 2. The Morgan fingerprint density at radius 2 is 1.53 bits per heavy atom. The first-order valence-electron chi connectivity index (χ1n) is 9.82. The van der Waals surface area contributed by atoms with E-state index in [1.807, 2.05) is 54.6 Å². The van der Waals surface area contributed by atoms with Crippen molar-refractivity contribution in [2.45, 2.75) is 14.9 Å². The maximum absolute atomic E-state index is 13.3. The third-order valence-electron chi connectivity index (χ3n) is 4.96. The molecule has 158 valence electrons. The van der Waals surface area contributed by atoms with E-state index in [9.17, 15) is 14.7 Å². The number of amides is 1. The van der Waals surface area contributed by atoms with Crippen LogP contribution in [0.1, 0.15) is 0 Å². The van der Waals surface area contributed by atoms with Crippen LogP contribution in [0, 0.1) is 0 Å². The van der Waals surface area contributed by atoms with E-state index in [1.165, 1.54) is 0 Å². The third kappa shape index (κ3) is 3.79. The Labute approximate surface area is 192 Å². The van der Waals surface area contributed by atoms with Gasteiger partial charge in [0.05, 0.1) is 17.1 Å². The maximum Gasteiger partial charge on any atom is 0.263 e. The van der Waals surface area contributed by atoms with Crippen LogP contribution < -0.4 is 10.5 Å². The Kier molecular flexibility index (Phi) is 5.46. The summed E-state index contributed by atoms with van der Waals surface area (Å²) in [5, 5.41) is 10.5. The molecule has 4 aromatic rings. The topological polar surface area (TPSA) is 86.3 Å². The Morgan fingerprint density at radius 3 is 2.16 bits per heavy atom. The molecule has 1 aliphatic rings. The van der Waals surface area contributed by atoms with E-state index in [4.69, 9.17) is 0 Å². The fourth-order valence-electron chi connectivity index (χ4n) is 3.54. The van der Waals surface area contributed by atoms with Gasteiger partial charge >= 0.3 is 0 Å². The molecule has 0 bridgehead atoms. The van der Waals surface area contributed by atoms with E-state index in [-0.39, 0.29) is 28.3 Å². The third-order valence-corrected chi connectivity index (χ3v) is 6.94. The molecule has 0 unspecified atom stereocenters. The summed E-state index contributed by atoms with van der Waals surface area (Å²) in [7, 11) is 0. The van der Waals surface area contributed by atoms with Crippen molar-refractivity contribution >= 4 is 40.8 Å². The number of carbonyl (C=O) groups is 1. The van der Waals surface area contributed by atoms with Gasteiger partial charge < -0.3 is 10.1 Å². The molecule has 0 spiro atoms. The molecule has 1 aliphatic heterocycles. The number of benzene rings is 3. The molecule has 0 aliphatic carbocycles. The van der Waals surface area contributed by atoms with Crippen LogP contribution in [0.25, 0.3) is 11.1 Å². The molecular formula is C24H17N3O3S2. The van der Waals surface area contributed by atoms with Crippen molar-refractivity contribution in [1.29, 1.82) is 0 Å². The van der Waals surface area contributed by atoms with Crippen LogP contribution in [0.15, 0.2) is 98.6 Å². The van der Waals surface area contributed by atoms with Gasteiger partial charge in [-0.2, -0.15) is 4.98 Å². The highest BCUT2D eigenvalue weighted by Crippen LogP contribution is 2.48. The predicted octanol–water partition coefficient (Wildman–Crippen LogP) is 5.06. The number of aromatic amines is 1. The fourth-order valence-corrected chi connectivity index (χ4v) is 5.31. The number of nitrogens with one attached hydrogen (secondary N) is 1. The number of hydrogen-bond acceptors (Lipinski definition) is 6. The summed E-state index contributed by atoms with van der Waals surface area (Å²) in [6.07, 6.45) is 0. The molecule has 2 N–H and O–H groups in total. The van der Waals surface area contributed by atoms with Crippen molar-refractivity contribution in [3.8, 4) is 17.0 Å². The largest absolute Gasteiger partial charge is 0.493 e. The highest BCUT2D eigenvalue weighted by molar-refractivity contribution is 8.00. The van der Waals surface area contributed by atoms with Crippen molar-refractivity contribution < 1.29 is 9.90 Å². The Hall–Kier alpha value is -3.49. The first kappa shape index (κ1) is 20.4. The highest BCUT2D eigenvalue weighted by Gasteiger charge is 2.28. The fraction of sp³-hybridized carbons (Fsp3) is 0.0417. The summed E-state index contributed by atoms with van der Waals surface area (Å²) in [5.41, 5.74) is 1.88. The van der Waals surface area contributed by atoms with Gasteiger partial charge in [-0.25, -0.2) is 0 Å². The van der Waals surface area contributed by atoms with Gasteiger partial charge in [-0.15, -0.1) is 0 Å². The second kappa shape index (κ2) is 8.57. The van der Waals surface area contributed by atoms with Crippen LogP contribution in [-0.2, 0) is 4.79 Å². The van der Waals surface area contributed by atoms with Gasteiger partial charge in [0, 0.05) is 9.79 Å². The number of aromatic nitrogens is 2. The minimum atomic E-state index is -0.455. The van der Waals surface area contributed by atoms with Gasteiger partial charge in [-0.3, -0.25) is 14.5 Å². The molecule has 0 fully saturated rings. The monoisotopic (exact) mass is 459 g/mol. The van der Waals surface area contributed by atoms with Gasteiger partial charge in [0.15, 0.2) is 5.16 Å². The summed E-state index contributed by atoms with van der Waals surface area (Å²) in [6.45, 7) is 0. The highest BCUT2D eigenvalue weighted by atomic mass is 32.2. The van der Waals surface area contributed by atoms with E-state index in [0.29, 0.717) is 5.56 Å². The number of anilines is 2. The zero-order chi connectivity index (χ0) is 22.1. The number of H-pyrrole nitrogens is 1. The van der Waals surface area contributed by atoms with Crippen LogP contribution in [0.5, 0.6) is 5.88 Å². The van der Waals surface area contributed by atoms with Crippen molar-refractivity contribution in [3.63, 3.8) is 0 Å². The van der Waals surface area contributed by atoms with Crippen molar-refractivity contribution in [2.24, 2.45) is 0 Å². The lowest BCUT2D eigenvalue weighted by Gasteiger charge is -2.30. The second-order valence-corrected chi connectivity index (χ2v) is 9.04. The molecule has 1 aromatic heterocycles. The number of carbonyl (C=O) groups excluding carboxylic acids is 1. The van der Waals surface area contributed by atoms with Crippen molar-refractivity contribution in [2.75, 3.05) is 10.7 Å². The number of hydrogen-bond donors (Lipinski definition) is 2. The quantitative estimate of drug-likeness (QED) is 0.328. The predicted molar refractivity (Wildman–Crippen MR) is 127 cm³/mol. The van der Waals surface area contributed by atoms with E-state index in [1.54, 1.807) is 40.9 Å². The molecule has 0 saturated carbocycles. The summed E-state index contributed by atoms with van der Waals surface area (Å²) >= 11 is 2.71. The van der Waals surface area contributed by atoms with E-state index in [0.717, 1.165) is 32.9 Å². The van der Waals surface area contributed by atoms with Gasteiger partial charge in [-0.05, 0) is 29.8 Å². The number of aromatic hydroxyl groups is 1. The van der Waals surface area contributed by atoms with Crippen LogP contribution in [0.4, 0.5) is 11.4 Å². The minimum absolute atomic E-state index is 0.0421. The molecule has 8 heteroatoms. The molecule has 32 heavy (non-hydrogen) atoms. The first-order chi connectivity index (χ1) is 15.6. The van der Waals surface area contributed by atoms with Crippen LogP contribution in [0.2, 0.25) is 0 Å². The van der Waals surface area contributed by atoms with Gasteiger partial charge in [0.2, 0.25) is 11.8 Å². The SMILES string of the molecule is O=C(CSc1nc(O)c(-c2ccccc2)c(=O)[nH]1)N1c2ccccc2Sc2ccccc21. The van der Waals surface area contributed by atoms with E-state index in [2.05, 4.69) is 9.97 Å². The standard InChI is InChI=1S/C24H17N3O3S2/c28-20(27-16-10-4-6-12-18(16)32-19-13-7-5-11-17(19)27)14-31-24-25-22(29)21(23(30)26-24)15-8-2-1-3-9-15/h1-13H,14H2,(H2,25,26,29,30). The molecule has 0 radical (unpaired) electrons. The minimum Gasteiger partial charge on any atom is -0.493 e. The lowest BCUT2D eigenvalue weighted by atomic mass is 10.1. The van der Waals surface area contributed by atoms with Crippen LogP contribution in [0.3, 0.4) is 0 Å². The zero-order valence-corrected chi connectivity index (χ0v) is 18.3. The van der Waals surface area contributed by atoms with Crippen LogP contribution in [-0.4, -0.2) is 26.7 Å². The molecular weight excluding hydrogens is 442 g/mol. The van der Waals surface area contributed by atoms with Crippen LogP contribution >= 0.6 is 23.5 Å². The lowest BCUT2D eigenvalue weighted by Crippen LogP contribution is -2.30. The zero-order valence-electron chi connectivity index (χ0n) is 16.7. The molecule has 0 saturated heterocycles. The lowest BCUT2D eigenvalue weighted by molar-refractivity contribution is -0.115. The molecule has 2 heterocycles. The second-order valence-electron chi connectivity index (χ2n) is 6.99. The molecule has 1 amide bonds. The molecule has 3 aromatic carbocycles. The smallest absolute Gasteiger partial charge is 0.263 e. The molecule has 5 rings (SSSR count). The average molecular weight is 460 g/mol. The average Bonchev–Trinajstić information content (AvgIpc) is 2.81. The summed E-state index contributed by atoms with van der Waals surface area (Å²) in [6, 6.07) is 24.4. The Balaban J connectivity index is 1.41. The molecule has 6 nitrogen and oxygen atoms in total. The number of nitrogens with zero attached hydrogens (tertiary/aromatic N) is 2. The van der Waals surface area contributed by atoms with Gasteiger partial charge in [0.1, 0.15) is 5.56 Å². The van der Waals surface area contributed by atoms with Crippen molar-refractivity contribution in [1.82, 2.24) is 9.97 Å². The summed E-state index contributed by atoms with van der Waals surface area (Å²) < 4.78 is 0. The number of rotatable bonds is 4. The first-order valence-corrected chi connectivity index (χ1v) is 11.6. The number of para-hydroxylation sites is 2. The van der Waals surface area contributed by atoms with Gasteiger partial charge in [-0.1, -0.05) is 78.1 Å². The molecule has 0 atom stereocenters.